The minimum Gasteiger partial charge on any atom is -0.496 e. The number of nitrogens with zero attached hydrogens (tertiary/aromatic N) is 1. The summed E-state index contributed by atoms with van der Waals surface area (Å²) in [4.78, 5) is 18.7. The van der Waals surface area contributed by atoms with Crippen LogP contribution < -0.4 is 14.8 Å². The fourth-order valence-corrected chi connectivity index (χ4v) is 5.14. The van der Waals surface area contributed by atoms with Gasteiger partial charge in [0.1, 0.15) is 18.1 Å². The number of para-hydroxylation sites is 1. The molecule has 0 aliphatic carbocycles. The molecule has 0 saturated carbocycles. The molecule has 1 amide bonds. The van der Waals surface area contributed by atoms with Crippen LogP contribution in [0.4, 0.5) is 5.69 Å². The molecule has 2 N–H and O–H groups in total. The summed E-state index contributed by atoms with van der Waals surface area (Å²) in [6.07, 6.45) is 4.50. The number of aromatic nitrogens is 1. The Hall–Kier alpha value is -4.03. The van der Waals surface area contributed by atoms with Gasteiger partial charge in [-0.1, -0.05) is 30.3 Å². The Bertz CT molecular complexity index is 1460. The molecule has 6 nitrogen and oxygen atoms in total. The lowest BCUT2D eigenvalue weighted by Crippen LogP contribution is -2.25. The average molecular weight is 480 g/mol. The predicted molar refractivity (Wildman–Crippen MR) is 144 cm³/mol. The van der Waals surface area contributed by atoms with Crippen LogP contribution in [0.5, 0.6) is 11.5 Å². The van der Waals surface area contributed by atoms with Crippen LogP contribution in [-0.2, 0) is 4.79 Å². The van der Waals surface area contributed by atoms with Crippen LogP contribution in [0.15, 0.2) is 66.7 Å². The Balaban J connectivity index is 1.23. The first-order chi connectivity index (χ1) is 17.7. The second kappa shape index (κ2) is 9.55. The summed E-state index contributed by atoms with van der Waals surface area (Å²) < 4.78 is 11.5. The Labute approximate surface area is 210 Å². The van der Waals surface area contributed by atoms with Gasteiger partial charge >= 0.3 is 0 Å². The first-order valence-electron chi connectivity index (χ1n) is 12.5. The quantitative estimate of drug-likeness (QED) is 0.328. The van der Waals surface area contributed by atoms with Gasteiger partial charge in [0.05, 0.1) is 12.7 Å². The van der Waals surface area contributed by atoms with Crippen molar-refractivity contribution in [3.05, 3.63) is 78.0 Å². The number of methoxy groups -OCH3 is 1. The Morgan fingerprint density at radius 3 is 2.69 bits per heavy atom. The van der Waals surface area contributed by atoms with Gasteiger partial charge in [-0.3, -0.25) is 9.69 Å². The fraction of sp³-hybridized carbons (Fsp3) is 0.233. The van der Waals surface area contributed by atoms with E-state index < -0.39 is 0 Å². The second-order valence-electron chi connectivity index (χ2n) is 9.34. The molecule has 6 rings (SSSR count). The number of fused-ring (bicyclic) bond motifs is 2. The number of rotatable bonds is 7. The van der Waals surface area contributed by atoms with E-state index in [1.165, 1.54) is 25.9 Å². The van der Waals surface area contributed by atoms with E-state index in [4.69, 9.17) is 9.47 Å². The van der Waals surface area contributed by atoms with Gasteiger partial charge in [-0.15, -0.1) is 0 Å². The number of ether oxygens (including phenoxy) is 2. The maximum atomic E-state index is 12.9. The maximum absolute atomic E-state index is 12.9. The minimum absolute atomic E-state index is 0.105. The van der Waals surface area contributed by atoms with Crippen LogP contribution in [0.3, 0.4) is 0 Å². The lowest BCUT2D eigenvalue weighted by atomic mass is 9.99. The van der Waals surface area contributed by atoms with Gasteiger partial charge in [-0.05, 0) is 74.0 Å². The van der Waals surface area contributed by atoms with Gasteiger partial charge in [0.25, 0.3) is 5.91 Å². The summed E-state index contributed by atoms with van der Waals surface area (Å²) in [6, 6.07) is 22.1. The van der Waals surface area contributed by atoms with E-state index in [9.17, 15) is 4.79 Å². The highest BCUT2D eigenvalue weighted by Crippen LogP contribution is 2.38. The molecule has 0 unspecified atom stereocenters. The maximum Gasteiger partial charge on any atom is 0.256 e. The molecule has 1 aromatic heterocycles. The number of anilines is 1. The zero-order valence-electron chi connectivity index (χ0n) is 20.3. The molecule has 1 fully saturated rings. The van der Waals surface area contributed by atoms with Crippen molar-refractivity contribution in [2.45, 2.75) is 12.8 Å². The van der Waals surface area contributed by atoms with Crippen LogP contribution in [0.1, 0.15) is 24.1 Å². The number of H-pyrrole nitrogens is 1. The topological polar surface area (TPSA) is 66.6 Å². The number of nitrogens with one attached hydrogen (secondary N) is 2. The van der Waals surface area contributed by atoms with Crippen molar-refractivity contribution in [2.24, 2.45) is 0 Å². The SMILES string of the molecule is COc1ccccc1-c1ccc2c(c1)NC(=O)C2=Cc1cc2cc(OCCN3CCCC3)ccc2[nH]1. The summed E-state index contributed by atoms with van der Waals surface area (Å²) in [5.41, 5.74) is 6.22. The number of carbonyl (C=O) groups excluding carboxylic acids is 1. The molecule has 36 heavy (non-hydrogen) atoms. The Morgan fingerprint density at radius 1 is 0.972 bits per heavy atom. The van der Waals surface area contributed by atoms with Gasteiger partial charge in [0, 0.05) is 40.0 Å². The number of aromatic amines is 1. The van der Waals surface area contributed by atoms with Crippen molar-refractivity contribution in [1.29, 1.82) is 0 Å². The number of hydrogen-bond donors (Lipinski definition) is 2. The van der Waals surface area contributed by atoms with E-state index in [1.807, 2.05) is 60.7 Å². The number of carbonyl (C=O) groups is 1. The van der Waals surface area contributed by atoms with Gasteiger partial charge < -0.3 is 19.8 Å². The standard InChI is InChI=1S/C30H29N3O3/c1-35-29-7-3-2-6-24(29)20-8-10-25-26(30(34)32-28(25)18-20)19-22-16-21-17-23(9-11-27(21)31-22)36-15-14-33-12-4-5-13-33/h2-3,6-11,16-19,31H,4-5,12-15H2,1H3,(H,32,34). The molecule has 4 aromatic rings. The van der Waals surface area contributed by atoms with Gasteiger partial charge in [0.2, 0.25) is 0 Å². The number of hydrogen-bond acceptors (Lipinski definition) is 4. The molecule has 1 saturated heterocycles. The van der Waals surface area contributed by atoms with Crippen LogP contribution in [0.2, 0.25) is 0 Å². The van der Waals surface area contributed by atoms with Crippen LogP contribution >= 0.6 is 0 Å². The largest absolute Gasteiger partial charge is 0.496 e. The molecule has 182 valence electrons. The molecule has 3 aromatic carbocycles. The first kappa shape index (κ1) is 22.4. The molecule has 0 atom stereocenters. The lowest BCUT2D eigenvalue weighted by Gasteiger charge is -2.14. The van der Waals surface area contributed by atoms with Crippen molar-refractivity contribution >= 4 is 34.1 Å². The van der Waals surface area contributed by atoms with Crippen LogP contribution in [0, 0.1) is 0 Å². The van der Waals surface area contributed by atoms with Gasteiger partial charge in [-0.2, -0.15) is 0 Å². The van der Waals surface area contributed by atoms with E-state index in [0.29, 0.717) is 12.2 Å². The molecular weight excluding hydrogens is 450 g/mol. The lowest BCUT2D eigenvalue weighted by molar-refractivity contribution is -0.110. The van der Waals surface area contributed by atoms with E-state index in [0.717, 1.165) is 57.0 Å². The van der Waals surface area contributed by atoms with Crippen molar-refractivity contribution < 1.29 is 14.3 Å². The summed E-state index contributed by atoms with van der Waals surface area (Å²) in [5, 5.41) is 4.08. The Morgan fingerprint density at radius 2 is 1.83 bits per heavy atom. The highest BCUT2D eigenvalue weighted by atomic mass is 16.5. The summed E-state index contributed by atoms with van der Waals surface area (Å²) in [7, 11) is 1.67. The van der Waals surface area contributed by atoms with Crippen molar-refractivity contribution in [1.82, 2.24) is 9.88 Å². The molecule has 2 aliphatic heterocycles. The fourth-order valence-electron chi connectivity index (χ4n) is 5.14. The zero-order chi connectivity index (χ0) is 24.5. The zero-order valence-corrected chi connectivity index (χ0v) is 20.3. The molecule has 0 spiro atoms. The van der Waals surface area contributed by atoms with E-state index in [2.05, 4.69) is 27.3 Å². The monoisotopic (exact) mass is 479 g/mol. The third-order valence-electron chi connectivity index (χ3n) is 7.01. The van der Waals surface area contributed by atoms with Crippen molar-refractivity contribution in [3.63, 3.8) is 0 Å². The van der Waals surface area contributed by atoms with Crippen molar-refractivity contribution in [2.75, 3.05) is 38.7 Å². The van der Waals surface area contributed by atoms with Gasteiger partial charge in [-0.25, -0.2) is 0 Å². The summed E-state index contributed by atoms with van der Waals surface area (Å²) in [6.45, 7) is 4.02. The molecule has 2 aliphatic rings. The smallest absolute Gasteiger partial charge is 0.256 e. The van der Waals surface area contributed by atoms with Crippen LogP contribution in [0.25, 0.3) is 33.7 Å². The molecule has 6 heteroatoms. The van der Waals surface area contributed by atoms with E-state index in [-0.39, 0.29) is 5.91 Å². The summed E-state index contributed by atoms with van der Waals surface area (Å²) >= 11 is 0. The number of likely N-dealkylation sites (tertiary alicyclic amines) is 1. The first-order valence-corrected chi connectivity index (χ1v) is 12.5. The molecule has 0 radical (unpaired) electrons. The van der Waals surface area contributed by atoms with E-state index in [1.54, 1.807) is 7.11 Å². The summed E-state index contributed by atoms with van der Waals surface area (Å²) in [5.74, 6) is 1.56. The van der Waals surface area contributed by atoms with Gasteiger partial charge in [0.15, 0.2) is 0 Å². The third-order valence-corrected chi connectivity index (χ3v) is 7.01. The predicted octanol–water partition coefficient (Wildman–Crippen LogP) is 5.81. The normalized spacial score (nSPS) is 16.5. The van der Waals surface area contributed by atoms with Crippen molar-refractivity contribution in [3.8, 4) is 22.6 Å². The average Bonchev–Trinajstić information content (AvgIpc) is 3.63. The second-order valence-corrected chi connectivity index (χ2v) is 9.34. The molecule has 0 bridgehead atoms. The van der Waals surface area contributed by atoms with Crippen LogP contribution in [-0.4, -0.2) is 49.1 Å². The van der Waals surface area contributed by atoms with E-state index >= 15 is 0 Å². The highest BCUT2D eigenvalue weighted by Gasteiger charge is 2.25. The number of benzene rings is 3. The highest BCUT2D eigenvalue weighted by molar-refractivity contribution is 6.35. The minimum atomic E-state index is -0.105. The Kier molecular flexibility index (Phi) is 5.95. The third kappa shape index (κ3) is 4.36. The molecule has 3 heterocycles. The number of amides is 1. The molecular formula is C30H29N3O3.